The molecule has 4 heterocycles. The van der Waals surface area contributed by atoms with Crippen molar-refractivity contribution in [3.63, 3.8) is 0 Å². The maximum atomic E-state index is 13.8. The van der Waals surface area contributed by atoms with Crippen LogP contribution >= 0.6 is 0 Å². The van der Waals surface area contributed by atoms with Crippen LogP contribution < -0.4 is 0 Å². The van der Waals surface area contributed by atoms with Crippen LogP contribution in [0.15, 0.2) is 95.8 Å². The standard InChI is InChI=1S/C30H25F3NO.C15H18N3.Ir/c1-18-14-20(16-29(3,4)30(31,32)33)12-13-21(18)25-15-26(34-17-19(25)2)24-10-7-9-23-22-8-5-6-11-27(22)35-28(23)24;1-11-5-6-12(8-16-11)14-10-17-13(9-18-14)7-15(2,3)4;/h5-9,11-15,17H,16H2,1-4H3;5-6,9-10H,7H2,1-4H3;/q2*-1;/i1D3,2D3,16D2;1D3,7D2;. The molecule has 5 nitrogen and oxygen atoms in total. The van der Waals surface area contributed by atoms with Gasteiger partial charge in [-0.15, -0.1) is 35.9 Å². The number of para-hydroxylation sites is 1. The van der Waals surface area contributed by atoms with Crippen LogP contribution in [0.1, 0.15) is 80.5 Å². The molecule has 0 amide bonds. The number of aromatic nitrogens is 4. The Morgan fingerprint density at radius 1 is 0.759 bits per heavy atom. The minimum absolute atomic E-state index is 0. The Hall–Kier alpha value is -4.72. The molecule has 9 heteroatoms. The number of alkyl halides is 3. The molecular formula is C45H43F3IrN4O-2. The third kappa shape index (κ3) is 9.14. The molecule has 54 heavy (non-hydrogen) atoms. The number of pyridine rings is 2. The second-order valence-electron chi connectivity index (χ2n) is 13.8. The van der Waals surface area contributed by atoms with Crippen molar-refractivity contribution in [2.75, 3.05) is 0 Å². The van der Waals surface area contributed by atoms with Gasteiger partial charge in [0.05, 0.1) is 16.7 Å². The Morgan fingerprint density at radius 2 is 1.54 bits per heavy atom. The molecule has 281 valence electrons. The Kier molecular flexibility index (Phi) is 7.72. The molecule has 0 aliphatic rings. The molecule has 0 spiro atoms. The molecule has 0 aliphatic carbocycles. The van der Waals surface area contributed by atoms with Crippen LogP contribution in [0.3, 0.4) is 0 Å². The van der Waals surface area contributed by atoms with Crippen molar-refractivity contribution in [1.29, 1.82) is 0 Å². The van der Waals surface area contributed by atoms with E-state index in [1.807, 2.05) is 24.3 Å². The average molecular weight is 918 g/mol. The summed E-state index contributed by atoms with van der Waals surface area (Å²) in [6, 6.07) is 21.3. The zero-order valence-corrected chi connectivity index (χ0v) is 32.2. The summed E-state index contributed by atoms with van der Waals surface area (Å²) in [6.07, 6.45) is -3.00. The largest absolute Gasteiger partial charge is 0.501 e. The minimum atomic E-state index is -4.95. The first kappa shape index (κ1) is 26.1. The molecule has 0 fully saturated rings. The van der Waals surface area contributed by atoms with Crippen LogP contribution in [0.25, 0.3) is 55.6 Å². The molecule has 0 aliphatic heterocycles. The quantitative estimate of drug-likeness (QED) is 0.156. The summed E-state index contributed by atoms with van der Waals surface area (Å²) < 4.78 is 151. The molecule has 7 rings (SSSR count). The fourth-order valence-corrected chi connectivity index (χ4v) is 5.40. The molecule has 4 aromatic heterocycles. The Morgan fingerprint density at radius 3 is 2.20 bits per heavy atom. The molecule has 0 unspecified atom stereocenters. The number of halogens is 3. The fraction of sp³-hybridized carbons (Fsp3) is 0.289. The second-order valence-corrected chi connectivity index (χ2v) is 13.8. The first-order chi connectivity index (χ1) is 30.2. The van der Waals surface area contributed by atoms with Gasteiger partial charge in [-0.2, -0.15) is 13.2 Å². The number of furan rings is 1. The number of hydrogen-bond donors (Lipinski definition) is 0. The molecule has 0 N–H and O–H groups in total. The van der Waals surface area contributed by atoms with Gasteiger partial charge >= 0.3 is 6.18 Å². The topological polar surface area (TPSA) is 64.7 Å². The summed E-state index contributed by atoms with van der Waals surface area (Å²) in [5.74, 6) is 0. The number of rotatable bonds is 6. The molecule has 0 saturated heterocycles. The van der Waals surface area contributed by atoms with Gasteiger partial charge in [0.15, 0.2) is 0 Å². The van der Waals surface area contributed by atoms with E-state index in [-0.39, 0.29) is 53.9 Å². The van der Waals surface area contributed by atoms with E-state index in [0.29, 0.717) is 41.8 Å². The molecule has 7 aromatic rings. The third-order valence-electron chi connectivity index (χ3n) is 8.11. The van der Waals surface area contributed by atoms with E-state index < -0.39 is 61.4 Å². The zero-order valence-electron chi connectivity index (χ0n) is 42.8. The van der Waals surface area contributed by atoms with E-state index in [2.05, 4.69) is 32.2 Å². The van der Waals surface area contributed by atoms with E-state index in [1.54, 1.807) is 39.0 Å². The second kappa shape index (κ2) is 15.9. The van der Waals surface area contributed by atoms with Gasteiger partial charge in [0, 0.05) is 67.6 Å². The van der Waals surface area contributed by atoms with Gasteiger partial charge in [0.25, 0.3) is 0 Å². The van der Waals surface area contributed by atoms with Crippen LogP contribution in [0.4, 0.5) is 13.2 Å². The van der Waals surface area contributed by atoms with Crippen molar-refractivity contribution in [1.82, 2.24) is 19.9 Å². The van der Waals surface area contributed by atoms with E-state index in [0.717, 1.165) is 35.2 Å². The molecule has 3 aromatic carbocycles. The van der Waals surface area contributed by atoms with Crippen molar-refractivity contribution < 1.29 is 55.5 Å². The maximum Gasteiger partial charge on any atom is 0.394 e. The first-order valence-electron chi connectivity index (χ1n) is 22.9. The van der Waals surface area contributed by atoms with Gasteiger partial charge in [-0.05, 0) is 83.3 Å². The summed E-state index contributed by atoms with van der Waals surface area (Å²) in [5.41, 5.74) is -2.08. The summed E-state index contributed by atoms with van der Waals surface area (Å²) in [5, 5.41) is 1.60. The van der Waals surface area contributed by atoms with Crippen LogP contribution in [-0.4, -0.2) is 26.1 Å². The van der Waals surface area contributed by atoms with Crippen LogP contribution in [-0.2, 0) is 32.9 Å². The summed E-state index contributed by atoms with van der Waals surface area (Å²) >= 11 is 0. The third-order valence-corrected chi connectivity index (χ3v) is 8.11. The predicted octanol–water partition coefficient (Wildman–Crippen LogP) is 12.1. The monoisotopic (exact) mass is 918 g/mol. The molecule has 0 bridgehead atoms. The van der Waals surface area contributed by atoms with Gasteiger partial charge in [0.2, 0.25) is 0 Å². The zero-order chi connectivity index (χ0) is 49.2. The maximum absolute atomic E-state index is 13.8. The van der Waals surface area contributed by atoms with E-state index >= 15 is 0 Å². The Labute approximate surface area is 347 Å². The summed E-state index contributed by atoms with van der Waals surface area (Å²) in [6.45, 7) is -1.15. The van der Waals surface area contributed by atoms with Gasteiger partial charge in [-0.1, -0.05) is 94.9 Å². The van der Waals surface area contributed by atoms with Crippen molar-refractivity contribution in [2.45, 2.75) is 74.1 Å². The van der Waals surface area contributed by atoms with Gasteiger partial charge in [0.1, 0.15) is 5.58 Å². The minimum Gasteiger partial charge on any atom is -0.501 e. The molecular weight excluding hydrogens is 862 g/mol. The number of aryl methyl sites for hydroxylation is 3. The van der Waals surface area contributed by atoms with Crippen LogP contribution in [0.5, 0.6) is 0 Å². The van der Waals surface area contributed by atoms with Gasteiger partial charge in [-0.3, -0.25) is 4.98 Å². The Balaban J connectivity index is 0.000000296. The van der Waals surface area contributed by atoms with E-state index in [1.165, 1.54) is 24.5 Å². The van der Waals surface area contributed by atoms with Crippen molar-refractivity contribution >= 4 is 21.9 Å². The normalized spacial score (nSPS) is 16.8. The number of hydrogen-bond acceptors (Lipinski definition) is 5. The van der Waals surface area contributed by atoms with E-state index in [4.69, 9.17) is 22.2 Å². The fourth-order valence-electron chi connectivity index (χ4n) is 5.40. The summed E-state index contributed by atoms with van der Waals surface area (Å²) in [4.78, 5) is 16.5. The Bertz CT molecular complexity index is 2890. The molecule has 1 radical (unpaired) electrons. The van der Waals surface area contributed by atoms with Crippen molar-refractivity contribution in [3.8, 4) is 33.6 Å². The van der Waals surface area contributed by atoms with Crippen LogP contribution in [0.2, 0.25) is 0 Å². The predicted molar refractivity (Wildman–Crippen MR) is 206 cm³/mol. The smallest absolute Gasteiger partial charge is 0.394 e. The van der Waals surface area contributed by atoms with Gasteiger partial charge < -0.3 is 19.4 Å². The van der Waals surface area contributed by atoms with Crippen molar-refractivity contribution in [2.24, 2.45) is 10.8 Å². The number of fused-ring (bicyclic) bond motifs is 3. The van der Waals surface area contributed by atoms with Crippen LogP contribution in [0, 0.1) is 43.6 Å². The summed E-state index contributed by atoms with van der Waals surface area (Å²) in [7, 11) is 0. The van der Waals surface area contributed by atoms with Crippen molar-refractivity contribution in [3.05, 3.63) is 132 Å². The number of nitrogens with zero attached hydrogens (tertiary/aromatic N) is 4. The molecule has 0 atom stereocenters. The molecule has 0 saturated carbocycles. The van der Waals surface area contributed by atoms with Gasteiger partial charge in [-0.25, -0.2) is 0 Å². The number of benzene rings is 3. The first-order valence-corrected chi connectivity index (χ1v) is 16.4. The van der Waals surface area contributed by atoms with E-state index in [9.17, 15) is 13.2 Å². The average Bonchev–Trinajstić information content (AvgIpc) is 3.61. The SMILES string of the molecule is [2H]C([2H])([2H])c1ccc(-c2cnc(C([2H])([2H])C(C)(C)C)cn2)[c-]n1.[2H]C([2H])([2H])c1cnc(-c2[c-]ccc3c2oc2ccccc23)cc1-c1ccc(C([2H])([2H])C(C)(C)C(F)(F)F)cc1C([2H])([2H])[2H].[Ir].